The second-order valence-corrected chi connectivity index (χ2v) is 6.56. The maximum atomic E-state index is 12.0. The van der Waals surface area contributed by atoms with E-state index in [0.717, 1.165) is 16.7 Å². The average Bonchev–Trinajstić information content (AvgIpc) is 2.63. The monoisotopic (exact) mass is 388 g/mol. The van der Waals surface area contributed by atoms with Crippen molar-refractivity contribution in [2.24, 2.45) is 0 Å². The fourth-order valence-corrected chi connectivity index (χ4v) is 2.38. The van der Waals surface area contributed by atoms with E-state index in [1.165, 1.54) is 0 Å². The lowest BCUT2D eigenvalue weighted by Gasteiger charge is -2.09. The van der Waals surface area contributed by atoms with E-state index in [9.17, 15) is 14.4 Å². The summed E-state index contributed by atoms with van der Waals surface area (Å²) in [6, 6.07) is 10.3. The summed E-state index contributed by atoms with van der Waals surface area (Å²) >= 11 is 5.99. The lowest BCUT2D eigenvalue weighted by molar-refractivity contribution is -0.146. The number of hydrogen-bond donors (Lipinski definition) is 2. The second-order valence-electron chi connectivity index (χ2n) is 6.15. The van der Waals surface area contributed by atoms with E-state index in [0.29, 0.717) is 16.3 Å². The number of carbonyl (C=O) groups excluding carboxylic acids is 3. The molecule has 0 heterocycles. The Morgan fingerprint density at radius 1 is 0.963 bits per heavy atom. The first kappa shape index (κ1) is 20.5. The molecule has 6 nitrogen and oxygen atoms in total. The number of carbonyl (C=O) groups is 3. The molecule has 0 saturated heterocycles. The molecule has 2 N–H and O–H groups in total. The number of aryl methyl sites for hydroxylation is 3. The van der Waals surface area contributed by atoms with Gasteiger partial charge in [0.25, 0.3) is 11.8 Å². The van der Waals surface area contributed by atoms with Crippen LogP contribution in [0.2, 0.25) is 5.02 Å². The van der Waals surface area contributed by atoms with Gasteiger partial charge >= 0.3 is 5.97 Å². The van der Waals surface area contributed by atoms with Crippen molar-refractivity contribution in [1.29, 1.82) is 0 Å². The molecule has 2 aromatic rings. The van der Waals surface area contributed by atoms with Crippen molar-refractivity contribution in [2.75, 3.05) is 18.5 Å². The average molecular weight is 389 g/mol. The summed E-state index contributed by atoms with van der Waals surface area (Å²) in [5.41, 5.74) is 3.92. The van der Waals surface area contributed by atoms with E-state index in [4.69, 9.17) is 16.3 Å². The van der Waals surface area contributed by atoms with E-state index >= 15 is 0 Å². The number of halogens is 1. The van der Waals surface area contributed by atoms with Gasteiger partial charge in [0.2, 0.25) is 0 Å². The third-order valence-electron chi connectivity index (χ3n) is 3.98. The summed E-state index contributed by atoms with van der Waals surface area (Å²) in [7, 11) is 0. The highest BCUT2D eigenvalue weighted by Crippen LogP contribution is 2.19. The number of rotatable bonds is 6. The number of anilines is 1. The van der Waals surface area contributed by atoms with Crippen LogP contribution in [0.3, 0.4) is 0 Å². The minimum absolute atomic E-state index is 0.324. The lowest BCUT2D eigenvalue weighted by Crippen LogP contribution is -2.32. The van der Waals surface area contributed by atoms with Gasteiger partial charge in [0, 0.05) is 16.3 Å². The number of esters is 1. The predicted molar refractivity (Wildman–Crippen MR) is 104 cm³/mol. The molecule has 7 heteroatoms. The van der Waals surface area contributed by atoms with E-state index in [1.807, 2.05) is 26.8 Å². The summed E-state index contributed by atoms with van der Waals surface area (Å²) in [6.45, 7) is 4.92. The second kappa shape index (κ2) is 9.19. The van der Waals surface area contributed by atoms with Gasteiger partial charge in [0.15, 0.2) is 6.61 Å². The Labute approximate surface area is 162 Å². The zero-order chi connectivity index (χ0) is 20.0. The zero-order valence-corrected chi connectivity index (χ0v) is 16.1. The van der Waals surface area contributed by atoms with Crippen LogP contribution in [0.4, 0.5) is 5.69 Å². The largest absolute Gasteiger partial charge is 0.454 e. The molecule has 0 fully saturated rings. The van der Waals surface area contributed by atoms with Gasteiger partial charge in [-0.15, -0.1) is 0 Å². The standard InChI is InChI=1S/C20H21ClN2O4/c1-12-4-6-15(8-14(12)3)20(26)22-10-19(25)27-11-18(24)23-16-7-5-13(2)17(21)9-16/h4-9H,10-11H2,1-3H3,(H,22,26)(H,23,24). The summed E-state index contributed by atoms with van der Waals surface area (Å²) in [4.78, 5) is 35.6. The normalized spacial score (nSPS) is 10.2. The van der Waals surface area contributed by atoms with Crippen LogP contribution in [0.5, 0.6) is 0 Å². The Morgan fingerprint density at radius 2 is 1.67 bits per heavy atom. The Hall–Kier alpha value is -2.86. The third-order valence-corrected chi connectivity index (χ3v) is 4.39. The molecule has 0 aliphatic carbocycles. The maximum Gasteiger partial charge on any atom is 0.325 e. The molecule has 0 atom stereocenters. The summed E-state index contributed by atoms with van der Waals surface area (Å²) in [5.74, 6) is -1.58. The minimum atomic E-state index is -0.704. The van der Waals surface area contributed by atoms with Crippen LogP contribution < -0.4 is 10.6 Å². The highest BCUT2D eigenvalue weighted by molar-refractivity contribution is 6.31. The molecular weight excluding hydrogens is 368 g/mol. The number of ether oxygens (including phenoxy) is 1. The van der Waals surface area contributed by atoms with Crippen molar-refractivity contribution in [3.05, 3.63) is 63.7 Å². The molecule has 0 spiro atoms. The maximum absolute atomic E-state index is 12.0. The smallest absolute Gasteiger partial charge is 0.325 e. The molecule has 142 valence electrons. The Balaban J connectivity index is 1.76. The predicted octanol–water partition coefficient (Wildman–Crippen LogP) is 3.18. The Bertz CT molecular complexity index is 880. The van der Waals surface area contributed by atoms with Crippen molar-refractivity contribution in [2.45, 2.75) is 20.8 Å². The molecule has 0 bridgehead atoms. The van der Waals surface area contributed by atoms with E-state index in [2.05, 4.69) is 10.6 Å². The fourth-order valence-electron chi connectivity index (χ4n) is 2.20. The van der Waals surface area contributed by atoms with Gasteiger partial charge in [-0.1, -0.05) is 23.7 Å². The molecular formula is C20H21ClN2O4. The van der Waals surface area contributed by atoms with Crippen LogP contribution in [-0.2, 0) is 14.3 Å². The highest BCUT2D eigenvalue weighted by atomic mass is 35.5. The molecule has 27 heavy (non-hydrogen) atoms. The van der Waals surface area contributed by atoms with Crippen molar-refractivity contribution in [3.63, 3.8) is 0 Å². The summed E-state index contributed by atoms with van der Waals surface area (Å²) in [6.07, 6.45) is 0. The fraction of sp³-hybridized carbons (Fsp3) is 0.250. The molecule has 2 amide bonds. The molecule has 2 rings (SSSR count). The van der Waals surface area contributed by atoms with Crippen LogP contribution in [0.15, 0.2) is 36.4 Å². The Morgan fingerprint density at radius 3 is 2.33 bits per heavy atom. The molecule has 0 saturated carbocycles. The van der Waals surface area contributed by atoms with Crippen molar-refractivity contribution >= 4 is 35.1 Å². The SMILES string of the molecule is Cc1ccc(C(=O)NCC(=O)OCC(=O)Nc2ccc(C)c(Cl)c2)cc1C. The van der Waals surface area contributed by atoms with Gasteiger partial charge < -0.3 is 15.4 Å². The molecule has 2 aromatic carbocycles. The van der Waals surface area contributed by atoms with Crippen LogP contribution >= 0.6 is 11.6 Å². The van der Waals surface area contributed by atoms with Crippen LogP contribution in [0.1, 0.15) is 27.0 Å². The van der Waals surface area contributed by atoms with Gasteiger partial charge in [0.1, 0.15) is 6.54 Å². The van der Waals surface area contributed by atoms with Crippen LogP contribution in [0, 0.1) is 20.8 Å². The van der Waals surface area contributed by atoms with Crippen LogP contribution in [-0.4, -0.2) is 30.9 Å². The number of nitrogens with one attached hydrogen (secondary N) is 2. The zero-order valence-electron chi connectivity index (χ0n) is 15.4. The van der Waals surface area contributed by atoms with E-state index in [-0.39, 0.29) is 12.5 Å². The molecule has 0 unspecified atom stereocenters. The van der Waals surface area contributed by atoms with Gasteiger partial charge in [-0.25, -0.2) is 0 Å². The third kappa shape index (κ3) is 6.11. The van der Waals surface area contributed by atoms with Gasteiger partial charge in [-0.2, -0.15) is 0 Å². The van der Waals surface area contributed by atoms with Crippen LogP contribution in [0.25, 0.3) is 0 Å². The van der Waals surface area contributed by atoms with Gasteiger partial charge in [0.05, 0.1) is 0 Å². The topological polar surface area (TPSA) is 84.5 Å². The van der Waals surface area contributed by atoms with E-state index < -0.39 is 18.5 Å². The summed E-state index contributed by atoms with van der Waals surface area (Å²) in [5, 5.41) is 5.58. The number of amides is 2. The first-order chi connectivity index (χ1) is 12.8. The lowest BCUT2D eigenvalue weighted by atomic mass is 10.1. The number of benzene rings is 2. The highest BCUT2D eigenvalue weighted by Gasteiger charge is 2.12. The minimum Gasteiger partial charge on any atom is -0.454 e. The first-order valence-corrected chi connectivity index (χ1v) is 8.71. The van der Waals surface area contributed by atoms with Gasteiger partial charge in [-0.3, -0.25) is 14.4 Å². The number of hydrogen-bond acceptors (Lipinski definition) is 4. The van der Waals surface area contributed by atoms with Crippen molar-refractivity contribution < 1.29 is 19.1 Å². The first-order valence-electron chi connectivity index (χ1n) is 8.33. The Kier molecular flexibility index (Phi) is 6.96. The van der Waals surface area contributed by atoms with Gasteiger partial charge in [-0.05, 0) is 61.7 Å². The van der Waals surface area contributed by atoms with Crippen molar-refractivity contribution in [1.82, 2.24) is 5.32 Å². The molecule has 0 aromatic heterocycles. The molecule has 0 aliphatic heterocycles. The molecule has 0 aliphatic rings. The van der Waals surface area contributed by atoms with Crippen molar-refractivity contribution in [3.8, 4) is 0 Å². The van der Waals surface area contributed by atoms with E-state index in [1.54, 1.807) is 30.3 Å². The quantitative estimate of drug-likeness (QED) is 0.744. The molecule has 0 radical (unpaired) electrons. The summed E-state index contributed by atoms with van der Waals surface area (Å²) < 4.78 is 4.86.